The summed E-state index contributed by atoms with van der Waals surface area (Å²) in [7, 11) is -6.00. The van der Waals surface area contributed by atoms with Crippen molar-refractivity contribution in [3.05, 3.63) is 30.1 Å². The van der Waals surface area contributed by atoms with Gasteiger partial charge in [-0.3, -0.25) is 0 Å². The molecule has 0 atom stereocenters. The lowest BCUT2D eigenvalue weighted by molar-refractivity contribution is -0.844. The van der Waals surface area contributed by atoms with Crippen LogP contribution in [0.2, 0.25) is 0 Å². The van der Waals surface area contributed by atoms with E-state index in [1.807, 2.05) is 0 Å². The normalized spacial score (nSPS) is 9.71. The number of rotatable bonds is 0. The number of aromatic nitrogens is 1. The Hall–Kier alpha value is -1.65. The largest absolute Gasteiger partial charge is 0.673 e. The van der Waals surface area contributed by atoms with E-state index in [0.717, 1.165) is 6.20 Å². The smallest absolute Gasteiger partial charge is 0.418 e. The molecule has 0 aromatic carbocycles. The predicted octanol–water partition coefficient (Wildman–Crippen LogP) is 1.88. The Morgan fingerprint density at radius 3 is 2.07 bits per heavy atom. The van der Waals surface area contributed by atoms with Crippen LogP contribution >= 0.6 is 0 Å². The van der Waals surface area contributed by atoms with Crippen molar-refractivity contribution in [2.75, 3.05) is 0 Å². The summed E-state index contributed by atoms with van der Waals surface area (Å²) in [5, 5.41) is 8.23. The van der Waals surface area contributed by atoms with E-state index in [1.165, 1.54) is 18.3 Å². The lowest BCUT2D eigenvalue weighted by atomic mass is 10.3. The van der Waals surface area contributed by atoms with Crippen LogP contribution in [0.1, 0.15) is 5.56 Å². The van der Waals surface area contributed by atoms with Crippen molar-refractivity contribution in [2.45, 2.75) is 0 Å². The Morgan fingerprint density at radius 1 is 1.29 bits per heavy atom. The van der Waals surface area contributed by atoms with Crippen LogP contribution in [0.25, 0.3) is 0 Å². The molecule has 2 nitrogen and oxygen atoms in total. The van der Waals surface area contributed by atoms with E-state index >= 15 is 0 Å². The summed E-state index contributed by atoms with van der Waals surface area (Å²) in [5.74, 6) is 0. The molecule has 1 aromatic heterocycles. The van der Waals surface area contributed by atoms with Crippen LogP contribution in [0.3, 0.4) is 0 Å². The minimum atomic E-state index is -6.00. The maximum absolute atomic E-state index is 12.1. The van der Waals surface area contributed by atoms with Crippen LogP contribution in [0.4, 0.5) is 21.7 Å². The van der Waals surface area contributed by atoms with Crippen molar-refractivity contribution in [2.24, 2.45) is 0 Å². The van der Waals surface area contributed by atoms with Crippen molar-refractivity contribution in [3.63, 3.8) is 0 Å². The highest BCUT2D eigenvalue weighted by molar-refractivity contribution is 6.50. The molecule has 1 aromatic rings. The van der Waals surface area contributed by atoms with Gasteiger partial charge < -0.3 is 17.3 Å². The molecule has 1 heterocycles. The molecule has 0 amide bonds. The second kappa shape index (κ2) is 5.16. The Morgan fingerprint density at radius 2 is 1.79 bits per heavy atom. The topological polar surface area (TPSA) is 27.7 Å². The number of pyridine rings is 1. The van der Waals surface area contributed by atoms with E-state index in [2.05, 4.69) is 0 Å². The van der Waals surface area contributed by atoms with Crippen molar-refractivity contribution < 1.29 is 26.5 Å². The van der Waals surface area contributed by atoms with Gasteiger partial charge in [0.05, 0.1) is 4.48 Å². The first kappa shape index (κ1) is 12.4. The number of nitriles is 1. The third-order valence-electron chi connectivity index (χ3n) is 0.896. The van der Waals surface area contributed by atoms with Gasteiger partial charge in [-0.05, 0) is 6.07 Å². The molecule has 8 heteroatoms. The van der Waals surface area contributed by atoms with Crippen LogP contribution in [0.15, 0.2) is 24.5 Å². The quantitative estimate of drug-likeness (QED) is 0.474. The fourth-order valence-electron chi connectivity index (χ4n) is 0.514. The first-order valence-corrected chi connectivity index (χ1v) is 3.28. The molecule has 0 bridgehead atoms. The second-order valence-electron chi connectivity index (χ2n) is 2.04. The Balaban J connectivity index is 0.000000292. The zero-order chi connectivity index (χ0) is 11.2. The fraction of sp³-hybridized carbons (Fsp3) is 0. The molecule has 0 spiro atoms. The molecule has 0 aliphatic carbocycles. The molecule has 0 radical (unpaired) electrons. The Labute approximate surface area is 76.2 Å². The summed E-state index contributed by atoms with van der Waals surface area (Å²) in [4.78, 5) is 0.346. The zero-order valence-electron chi connectivity index (χ0n) is 6.67. The summed E-state index contributed by atoms with van der Waals surface area (Å²) in [6, 6.07) is 4.82. The Kier molecular flexibility index (Phi) is 4.56. The maximum atomic E-state index is 12.1. The fourth-order valence-corrected chi connectivity index (χ4v) is 0.514. The van der Waals surface area contributed by atoms with Gasteiger partial charge in [-0.15, -0.1) is 0 Å². The molecule has 14 heavy (non-hydrogen) atoms. The van der Waals surface area contributed by atoms with Crippen molar-refractivity contribution in [1.82, 2.24) is 0 Å². The Bertz CT molecular complexity index is 326. The monoisotopic (exact) mass is 210 g/mol. The zero-order valence-corrected chi connectivity index (χ0v) is 6.67. The van der Waals surface area contributed by atoms with Crippen LogP contribution in [0.5, 0.6) is 0 Å². The number of hydrogen-bond acceptors (Lipinski definition) is 1. The minimum absolute atomic E-state index is 0.319. The van der Waals surface area contributed by atoms with E-state index in [-0.39, 0.29) is 0 Å². The van der Waals surface area contributed by atoms with Crippen LogP contribution in [-0.4, -0.2) is 7.25 Å². The summed E-state index contributed by atoms with van der Waals surface area (Å²) in [6.07, 6.45) is 2.33. The van der Waals surface area contributed by atoms with Gasteiger partial charge in [-0.2, -0.15) is 5.26 Å². The number of nitrogens with zero attached hydrogens (tertiary/aromatic N) is 2. The van der Waals surface area contributed by atoms with Gasteiger partial charge in [0.1, 0.15) is 11.6 Å². The maximum Gasteiger partial charge on any atom is 0.673 e. The van der Waals surface area contributed by atoms with Crippen LogP contribution < -0.4 is 4.79 Å². The average molecular weight is 210 g/mol. The van der Waals surface area contributed by atoms with Crippen LogP contribution in [-0.2, 0) is 0 Å². The highest BCUT2D eigenvalue weighted by Crippen LogP contribution is 2.06. The van der Waals surface area contributed by atoms with E-state index in [1.54, 1.807) is 6.07 Å². The number of halogens is 5. The van der Waals surface area contributed by atoms with Crippen molar-refractivity contribution in [3.8, 4) is 6.07 Å². The summed E-state index contributed by atoms with van der Waals surface area (Å²) < 4.78 is 51.1. The molecule has 0 unspecified atom stereocenters. The third kappa shape index (κ3) is 8.45. The molecule has 0 N–H and O–H groups in total. The van der Waals surface area contributed by atoms with E-state index in [0.29, 0.717) is 10.4 Å². The first-order chi connectivity index (χ1) is 6.33. The van der Waals surface area contributed by atoms with Crippen molar-refractivity contribution >= 4 is 7.25 Å². The average Bonchev–Trinajstić information content (AvgIpc) is 2.01. The van der Waals surface area contributed by atoms with E-state index in [9.17, 15) is 21.7 Å². The molecule has 0 aliphatic heterocycles. The van der Waals surface area contributed by atoms with E-state index < -0.39 is 7.25 Å². The van der Waals surface area contributed by atoms with E-state index in [4.69, 9.17) is 5.26 Å². The minimum Gasteiger partial charge on any atom is -0.418 e. The predicted molar refractivity (Wildman–Crippen MR) is 38.0 cm³/mol. The summed E-state index contributed by atoms with van der Waals surface area (Å²) >= 11 is 0. The standard InChI is InChI=1S/C6H4FN2.BF4/c7-9-3-1-2-6(4-8)5-9;2-1(3,4)5/h1-3,5H;/q+1;-1. The van der Waals surface area contributed by atoms with Gasteiger partial charge in [-0.1, -0.05) is 0 Å². The van der Waals surface area contributed by atoms with Crippen molar-refractivity contribution in [1.29, 1.82) is 5.26 Å². The molecule has 1 rings (SSSR count). The van der Waals surface area contributed by atoms with Gasteiger partial charge in [0.2, 0.25) is 12.4 Å². The molecule has 0 saturated heterocycles. The van der Waals surface area contributed by atoms with Gasteiger partial charge >= 0.3 is 7.25 Å². The van der Waals surface area contributed by atoms with Gasteiger partial charge in [0.15, 0.2) is 0 Å². The highest BCUT2D eigenvalue weighted by atomic mass is 19.5. The molecule has 76 valence electrons. The number of hydrogen-bond donors (Lipinski definition) is 0. The molecular formula is C6H4BF5N2. The highest BCUT2D eigenvalue weighted by Gasteiger charge is 2.20. The summed E-state index contributed by atoms with van der Waals surface area (Å²) in [5.41, 5.74) is 0.319. The third-order valence-corrected chi connectivity index (χ3v) is 0.896. The summed E-state index contributed by atoms with van der Waals surface area (Å²) in [6.45, 7) is 0. The molecule has 0 aliphatic rings. The molecular weight excluding hydrogens is 206 g/mol. The van der Waals surface area contributed by atoms with Gasteiger partial charge in [0, 0.05) is 10.9 Å². The lowest BCUT2D eigenvalue weighted by Gasteiger charge is -1.94. The molecule has 0 fully saturated rings. The SMILES string of the molecule is F[B-](F)(F)F.N#Cc1ccc[n+](F)c1. The second-order valence-corrected chi connectivity index (χ2v) is 2.04. The first-order valence-electron chi connectivity index (χ1n) is 3.28. The van der Waals surface area contributed by atoms with Gasteiger partial charge in [-0.25, -0.2) is 0 Å². The van der Waals surface area contributed by atoms with Gasteiger partial charge in [0.25, 0.3) is 0 Å². The van der Waals surface area contributed by atoms with Crippen LogP contribution in [0, 0.1) is 11.3 Å². The molecule has 0 saturated carbocycles. The lowest BCUT2D eigenvalue weighted by Crippen LogP contribution is -2.20.